The van der Waals surface area contributed by atoms with E-state index in [-0.39, 0.29) is 11.6 Å². The van der Waals surface area contributed by atoms with Crippen molar-refractivity contribution < 1.29 is 13.9 Å². The van der Waals surface area contributed by atoms with Gasteiger partial charge in [0.15, 0.2) is 6.29 Å². The highest BCUT2D eigenvalue weighted by Crippen LogP contribution is 2.23. The molecule has 0 fully saturated rings. The molecule has 0 atom stereocenters. The van der Waals surface area contributed by atoms with E-state index in [0.717, 1.165) is 4.47 Å². The Hall–Kier alpha value is -1.39. The summed E-state index contributed by atoms with van der Waals surface area (Å²) in [5, 5.41) is 0.0703. The van der Waals surface area contributed by atoms with Gasteiger partial charge in [0.25, 0.3) is 0 Å². The van der Waals surface area contributed by atoms with Crippen molar-refractivity contribution in [1.29, 1.82) is 0 Å². The van der Waals surface area contributed by atoms with Gasteiger partial charge in [0.2, 0.25) is 0 Å². The normalized spacial score (nSPS) is 10.3. The molecule has 0 spiro atoms. The van der Waals surface area contributed by atoms with Crippen LogP contribution in [0.15, 0.2) is 40.9 Å². The minimum Gasteiger partial charge on any atom is -0.488 e. The number of rotatable bonds is 4. The zero-order valence-electron chi connectivity index (χ0n) is 9.70. The van der Waals surface area contributed by atoms with Gasteiger partial charge in [0.1, 0.15) is 18.2 Å². The molecule has 0 aromatic heterocycles. The van der Waals surface area contributed by atoms with Gasteiger partial charge in [-0.25, -0.2) is 4.39 Å². The number of carbonyl (C=O) groups is 1. The first kappa shape index (κ1) is 14.0. The molecule has 98 valence electrons. The van der Waals surface area contributed by atoms with Crippen LogP contribution in [0, 0.1) is 5.82 Å². The first-order chi connectivity index (χ1) is 9.10. The van der Waals surface area contributed by atoms with E-state index < -0.39 is 5.82 Å². The zero-order valence-corrected chi connectivity index (χ0v) is 12.0. The summed E-state index contributed by atoms with van der Waals surface area (Å²) in [4.78, 5) is 10.9. The summed E-state index contributed by atoms with van der Waals surface area (Å²) in [6, 6.07) is 9.56. The molecule has 0 heterocycles. The lowest BCUT2D eigenvalue weighted by atomic mass is 10.2. The standard InChI is InChI=1S/C14H9BrClFO2/c15-11-2-4-14(10(6-11)7-18)19-8-9-1-3-12(16)13(17)5-9/h1-7H,8H2. The molecule has 0 amide bonds. The van der Waals surface area contributed by atoms with Gasteiger partial charge in [0, 0.05) is 4.47 Å². The topological polar surface area (TPSA) is 26.3 Å². The summed E-state index contributed by atoms with van der Waals surface area (Å²) in [6.07, 6.45) is 0.711. The number of benzene rings is 2. The maximum atomic E-state index is 13.3. The number of halogens is 3. The van der Waals surface area contributed by atoms with E-state index in [1.807, 2.05) is 0 Å². The minimum absolute atomic E-state index is 0.0703. The van der Waals surface area contributed by atoms with E-state index in [9.17, 15) is 9.18 Å². The summed E-state index contributed by atoms with van der Waals surface area (Å²) < 4.78 is 19.5. The van der Waals surface area contributed by atoms with Crippen molar-refractivity contribution >= 4 is 33.8 Å². The van der Waals surface area contributed by atoms with Gasteiger partial charge < -0.3 is 4.74 Å². The zero-order chi connectivity index (χ0) is 13.8. The third-order valence-electron chi connectivity index (χ3n) is 2.48. The fourth-order valence-corrected chi connectivity index (χ4v) is 2.03. The van der Waals surface area contributed by atoms with Crippen LogP contribution in [-0.2, 0) is 6.61 Å². The predicted octanol–water partition coefficient (Wildman–Crippen LogP) is 4.63. The number of aldehydes is 1. The Morgan fingerprint density at radius 3 is 2.74 bits per heavy atom. The van der Waals surface area contributed by atoms with Crippen LogP contribution in [0.1, 0.15) is 15.9 Å². The Morgan fingerprint density at radius 2 is 2.05 bits per heavy atom. The number of hydrogen-bond acceptors (Lipinski definition) is 2. The Balaban J connectivity index is 2.14. The Morgan fingerprint density at radius 1 is 1.26 bits per heavy atom. The highest BCUT2D eigenvalue weighted by Gasteiger charge is 2.06. The second-order valence-electron chi connectivity index (χ2n) is 3.84. The average molecular weight is 344 g/mol. The van der Waals surface area contributed by atoms with Crippen LogP contribution in [0.2, 0.25) is 5.02 Å². The average Bonchev–Trinajstić information content (AvgIpc) is 2.41. The summed E-state index contributed by atoms with van der Waals surface area (Å²) in [6.45, 7) is 0.163. The molecule has 2 aromatic carbocycles. The Kier molecular flexibility index (Phi) is 4.56. The van der Waals surface area contributed by atoms with Crippen molar-refractivity contribution in [1.82, 2.24) is 0 Å². The monoisotopic (exact) mass is 342 g/mol. The Labute approximate surface area is 123 Å². The lowest BCUT2D eigenvalue weighted by Crippen LogP contribution is -1.99. The van der Waals surface area contributed by atoms with Crippen molar-refractivity contribution in [2.24, 2.45) is 0 Å². The smallest absolute Gasteiger partial charge is 0.153 e. The fraction of sp³-hybridized carbons (Fsp3) is 0.0714. The SMILES string of the molecule is O=Cc1cc(Br)ccc1OCc1ccc(Cl)c(F)c1. The fourth-order valence-electron chi connectivity index (χ4n) is 1.53. The van der Waals surface area contributed by atoms with Gasteiger partial charge in [-0.2, -0.15) is 0 Å². The molecule has 0 aliphatic carbocycles. The van der Waals surface area contributed by atoms with Crippen molar-refractivity contribution in [3.05, 3.63) is 62.8 Å². The number of ether oxygens (including phenoxy) is 1. The van der Waals surface area contributed by atoms with E-state index in [4.69, 9.17) is 16.3 Å². The molecular formula is C14H9BrClFO2. The van der Waals surface area contributed by atoms with Crippen molar-refractivity contribution in [2.45, 2.75) is 6.61 Å². The second-order valence-corrected chi connectivity index (χ2v) is 5.16. The second kappa shape index (κ2) is 6.17. The van der Waals surface area contributed by atoms with Crippen molar-refractivity contribution in [3.63, 3.8) is 0 Å². The maximum absolute atomic E-state index is 13.3. The van der Waals surface area contributed by atoms with Crippen LogP contribution in [-0.4, -0.2) is 6.29 Å². The summed E-state index contributed by atoms with van der Waals surface area (Å²) >= 11 is 8.87. The van der Waals surface area contributed by atoms with Gasteiger partial charge in [-0.05, 0) is 35.9 Å². The third kappa shape index (κ3) is 3.55. The van der Waals surface area contributed by atoms with E-state index >= 15 is 0 Å². The summed E-state index contributed by atoms with van der Waals surface area (Å²) in [5.41, 5.74) is 1.07. The summed E-state index contributed by atoms with van der Waals surface area (Å²) in [7, 11) is 0. The molecular weight excluding hydrogens is 335 g/mol. The minimum atomic E-state index is -0.491. The van der Waals surface area contributed by atoms with Crippen LogP contribution < -0.4 is 4.74 Å². The molecule has 0 saturated heterocycles. The first-order valence-electron chi connectivity index (χ1n) is 5.41. The van der Waals surface area contributed by atoms with Gasteiger partial charge in [-0.1, -0.05) is 33.6 Å². The van der Waals surface area contributed by atoms with Gasteiger partial charge in [-0.15, -0.1) is 0 Å². The highest BCUT2D eigenvalue weighted by molar-refractivity contribution is 9.10. The lowest BCUT2D eigenvalue weighted by Gasteiger charge is -2.09. The lowest BCUT2D eigenvalue weighted by molar-refractivity contribution is 0.111. The third-order valence-corrected chi connectivity index (χ3v) is 3.28. The van der Waals surface area contributed by atoms with E-state index in [1.165, 1.54) is 12.1 Å². The molecule has 0 radical (unpaired) electrons. The molecule has 2 aromatic rings. The molecule has 0 N–H and O–H groups in total. The molecule has 0 unspecified atom stereocenters. The first-order valence-corrected chi connectivity index (χ1v) is 6.58. The molecule has 2 nitrogen and oxygen atoms in total. The highest BCUT2D eigenvalue weighted by atomic mass is 79.9. The van der Waals surface area contributed by atoms with Gasteiger partial charge >= 0.3 is 0 Å². The number of hydrogen-bond donors (Lipinski definition) is 0. The van der Waals surface area contributed by atoms with E-state index in [2.05, 4.69) is 15.9 Å². The molecule has 0 bridgehead atoms. The molecule has 0 aliphatic rings. The molecule has 2 rings (SSSR count). The maximum Gasteiger partial charge on any atom is 0.153 e. The largest absolute Gasteiger partial charge is 0.488 e. The molecule has 19 heavy (non-hydrogen) atoms. The number of carbonyl (C=O) groups excluding carboxylic acids is 1. The molecule has 5 heteroatoms. The van der Waals surface area contributed by atoms with E-state index in [1.54, 1.807) is 24.3 Å². The van der Waals surface area contributed by atoms with Gasteiger partial charge in [-0.3, -0.25) is 4.79 Å². The van der Waals surface area contributed by atoms with Crippen LogP contribution in [0.25, 0.3) is 0 Å². The quantitative estimate of drug-likeness (QED) is 0.756. The van der Waals surface area contributed by atoms with Crippen LogP contribution >= 0.6 is 27.5 Å². The van der Waals surface area contributed by atoms with Crippen LogP contribution in [0.4, 0.5) is 4.39 Å². The molecule has 0 saturated carbocycles. The predicted molar refractivity (Wildman–Crippen MR) is 75.3 cm³/mol. The Bertz CT molecular complexity index is 616. The van der Waals surface area contributed by atoms with Gasteiger partial charge in [0.05, 0.1) is 10.6 Å². The van der Waals surface area contributed by atoms with E-state index in [0.29, 0.717) is 23.2 Å². The van der Waals surface area contributed by atoms with Crippen LogP contribution in [0.3, 0.4) is 0 Å². The van der Waals surface area contributed by atoms with Crippen molar-refractivity contribution in [3.8, 4) is 5.75 Å². The van der Waals surface area contributed by atoms with Crippen LogP contribution in [0.5, 0.6) is 5.75 Å². The molecule has 0 aliphatic heterocycles. The summed E-state index contributed by atoms with van der Waals surface area (Å²) in [5.74, 6) is -0.0391. The van der Waals surface area contributed by atoms with Crippen molar-refractivity contribution in [2.75, 3.05) is 0 Å².